The van der Waals surface area contributed by atoms with Crippen molar-refractivity contribution in [3.8, 4) is 0 Å². The average Bonchev–Trinajstić information content (AvgIpc) is 2.54. The molecule has 2 aromatic carbocycles. The van der Waals surface area contributed by atoms with Crippen LogP contribution in [0.25, 0.3) is 0 Å². The maximum atomic E-state index is 13.0. The number of anilines is 1. The smallest absolute Gasteiger partial charge is 0.376 e. The summed E-state index contributed by atoms with van der Waals surface area (Å²) < 4.78 is 66.1. The van der Waals surface area contributed by atoms with Crippen LogP contribution in [0.4, 0.5) is 18.9 Å². The normalized spacial score (nSPS) is 14.9. The van der Waals surface area contributed by atoms with Crippen LogP contribution in [-0.4, -0.2) is 25.7 Å². The summed E-state index contributed by atoms with van der Waals surface area (Å²) in [6.07, 6.45) is -4.87. The number of rotatable bonds is 5. The lowest BCUT2D eigenvalue weighted by Crippen LogP contribution is -2.39. The Morgan fingerprint density at radius 3 is 2.00 bits per heavy atom. The molecule has 2 rings (SSSR count). The Hall–Kier alpha value is -1.77. The standard InChI is InChI=1S/C18H19ClF3NO3S/c1-12(2)23(27(25,26)16-7-5-4-6-15(16)19)14-10-8-13(9-11-14)17(3,24)18(20,21)22/h4-12,24H,1-3H3/t17-/m0/s1. The minimum Gasteiger partial charge on any atom is -0.376 e. The van der Waals surface area contributed by atoms with Crippen molar-refractivity contribution in [2.75, 3.05) is 4.31 Å². The second kappa shape index (κ2) is 7.33. The summed E-state index contributed by atoms with van der Waals surface area (Å²) in [4.78, 5) is -0.105. The first-order valence-electron chi connectivity index (χ1n) is 7.98. The summed E-state index contributed by atoms with van der Waals surface area (Å²) >= 11 is 6.02. The van der Waals surface area contributed by atoms with Crippen LogP contribution < -0.4 is 4.31 Å². The Morgan fingerprint density at radius 2 is 1.56 bits per heavy atom. The van der Waals surface area contributed by atoms with E-state index in [0.717, 1.165) is 16.4 Å². The van der Waals surface area contributed by atoms with Crippen molar-refractivity contribution in [1.29, 1.82) is 0 Å². The third-order valence-corrected chi connectivity index (χ3v) is 6.58. The molecule has 0 aliphatic heterocycles. The number of halogens is 4. The number of sulfonamides is 1. The van der Waals surface area contributed by atoms with Crippen LogP contribution in [0.5, 0.6) is 0 Å². The van der Waals surface area contributed by atoms with Crippen LogP contribution in [0.3, 0.4) is 0 Å². The lowest BCUT2D eigenvalue weighted by molar-refractivity contribution is -0.258. The van der Waals surface area contributed by atoms with E-state index in [0.29, 0.717) is 6.92 Å². The first-order chi connectivity index (χ1) is 12.3. The zero-order valence-electron chi connectivity index (χ0n) is 14.8. The lowest BCUT2D eigenvalue weighted by Gasteiger charge is -2.30. The van der Waals surface area contributed by atoms with E-state index < -0.39 is 33.4 Å². The Bertz CT molecular complexity index is 910. The first-order valence-corrected chi connectivity index (χ1v) is 9.80. The molecule has 148 valence electrons. The van der Waals surface area contributed by atoms with E-state index in [4.69, 9.17) is 11.6 Å². The van der Waals surface area contributed by atoms with E-state index in [2.05, 4.69) is 0 Å². The molecule has 0 bridgehead atoms. The molecule has 0 radical (unpaired) electrons. The number of hydrogen-bond donors (Lipinski definition) is 1. The quantitative estimate of drug-likeness (QED) is 0.760. The molecule has 0 heterocycles. The van der Waals surface area contributed by atoms with Gasteiger partial charge in [-0.15, -0.1) is 0 Å². The van der Waals surface area contributed by atoms with Gasteiger partial charge < -0.3 is 5.11 Å². The van der Waals surface area contributed by atoms with Crippen molar-refractivity contribution in [1.82, 2.24) is 0 Å². The number of alkyl halides is 3. The summed E-state index contributed by atoms with van der Waals surface area (Å²) in [7, 11) is -4.04. The van der Waals surface area contributed by atoms with Gasteiger partial charge in [-0.3, -0.25) is 4.31 Å². The van der Waals surface area contributed by atoms with Crippen LogP contribution >= 0.6 is 11.6 Å². The molecule has 27 heavy (non-hydrogen) atoms. The zero-order valence-corrected chi connectivity index (χ0v) is 16.4. The molecule has 4 nitrogen and oxygen atoms in total. The molecule has 0 aliphatic carbocycles. The van der Waals surface area contributed by atoms with Crippen LogP contribution in [0.15, 0.2) is 53.4 Å². The zero-order chi connectivity index (χ0) is 20.6. The predicted octanol–water partition coefficient (Wildman–Crippen LogP) is 4.71. The molecule has 1 atom stereocenters. The summed E-state index contributed by atoms with van der Waals surface area (Å²) in [6.45, 7) is 3.91. The number of aliphatic hydroxyl groups is 1. The number of benzene rings is 2. The Morgan fingerprint density at radius 1 is 1.04 bits per heavy atom. The van der Waals surface area contributed by atoms with Crippen LogP contribution in [0.2, 0.25) is 5.02 Å². The van der Waals surface area contributed by atoms with Gasteiger partial charge in [0.15, 0.2) is 5.60 Å². The molecule has 0 spiro atoms. The van der Waals surface area contributed by atoms with E-state index in [1.807, 2.05) is 0 Å². The largest absolute Gasteiger partial charge is 0.421 e. The fraction of sp³-hybridized carbons (Fsp3) is 0.333. The SMILES string of the molecule is CC(C)N(c1ccc([C@](C)(O)C(F)(F)F)cc1)S(=O)(=O)c1ccccc1Cl. The van der Waals surface area contributed by atoms with E-state index in [-0.39, 0.29) is 15.6 Å². The number of nitrogens with zero attached hydrogens (tertiary/aromatic N) is 1. The molecule has 0 saturated carbocycles. The van der Waals surface area contributed by atoms with Gasteiger partial charge in [0.2, 0.25) is 0 Å². The highest BCUT2D eigenvalue weighted by atomic mass is 35.5. The molecular formula is C18H19ClF3NO3S. The highest BCUT2D eigenvalue weighted by Gasteiger charge is 2.51. The summed E-state index contributed by atoms with van der Waals surface area (Å²) in [6, 6.07) is 9.96. The van der Waals surface area contributed by atoms with Crippen molar-refractivity contribution in [3.63, 3.8) is 0 Å². The molecular weight excluding hydrogens is 403 g/mol. The maximum Gasteiger partial charge on any atom is 0.421 e. The highest BCUT2D eigenvalue weighted by Crippen LogP contribution is 2.39. The summed E-state index contributed by atoms with van der Waals surface area (Å²) in [5.41, 5.74) is -3.28. The Labute approximate surface area is 161 Å². The van der Waals surface area contributed by atoms with Gasteiger partial charge in [-0.1, -0.05) is 35.9 Å². The van der Waals surface area contributed by atoms with Crippen molar-refractivity contribution >= 4 is 27.3 Å². The fourth-order valence-corrected chi connectivity index (χ4v) is 4.73. The van der Waals surface area contributed by atoms with Gasteiger partial charge >= 0.3 is 6.18 Å². The van der Waals surface area contributed by atoms with Crippen molar-refractivity contribution < 1.29 is 26.7 Å². The lowest BCUT2D eigenvalue weighted by atomic mass is 9.95. The van der Waals surface area contributed by atoms with Crippen LogP contribution in [-0.2, 0) is 15.6 Å². The molecule has 1 N–H and O–H groups in total. The second-order valence-corrected chi connectivity index (χ2v) is 8.63. The molecule has 0 saturated heterocycles. The van der Waals surface area contributed by atoms with Gasteiger partial charge in [0.25, 0.3) is 10.0 Å². The topological polar surface area (TPSA) is 57.6 Å². The molecule has 9 heteroatoms. The minimum absolute atomic E-state index is 0.0415. The van der Waals surface area contributed by atoms with Crippen molar-refractivity contribution in [2.24, 2.45) is 0 Å². The maximum absolute atomic E-state index is 13.0. The highest BCUT2D eigenvalue weighted by molar-refractivity contribution is 7.93. The van der Waals surface area contributed by atoms with E-state index in [1.54, 1.807) is 19.9 Å². The molecule has 0 amide bonds. The van der Waals surface area contributed by atoms with E-state index >= 15 is 0 Å². The van der Waals surface area contributed by atoms with Crippen LogP contribution in [0.1, 0.15) is 26.3 Å². The van der Waals surface area contributed by atoms with Gasteiger partial charge in [0.05, 0.1) is 10.7 Å². The van der Waals surface area contributed by atoms with Gasteiger partial charge in [0, 0.05) is 6.04 Å². The minimum atomic E-state index is -4.87. The summed E-state index contributed by atoms with van der Waals surface area (Å²) in [5, 5.41) is 9.80. The van der Waals surface area contributed by atoms with Gasteiger partial charge in [-0.2, -0.15) is 13.2 Å². The predicted molar refractivity (Wildman–Crippen MR) is 98.3 cm³/mol. The molecule has 0 unspecified atom stereocenters. The summed E-state index contributed by atoms with van der Waals surface area (Å²) in [5.74, 6) is 0. The van der Waals surface area contributed by atoms with Crippen LogP contribution in [0, 0.1) is 0 Å². The van der Waals surface area contributed by atoms with Crippen molar-refractivity contribution in [2.45, 2.75) is 43.5 Å². The molecule has 0 aromatic heterocycles. The Kier molecular flexibility index (Phi) is 5.85. The van der Waals surface area contributed by atoms with Crippen molar-refractivity contribution in [3.05, 3.63) is 59.1 Å². The van der Waals surface area contributed by atoms with E-state index in [1.165, 1.54) is 30.3 Å². The molecule has 0 fully saturated rings. The Balaban J connectivity index is 2.52. The van der Waals surface area contributed by atoms with Gasteiger partial charge in [0.1, 0.15) is 4.90 Å². The van der Waals surface area contributed by atoms with Gasteiger partial charge in [-0.05, 0) is 50.6 Å². The third kappa shape index (κ3) is 4.07. The second-order valence-electron chi connectivity index (χ2n) is 6.44. The van der Waals surface area contributed by atoms with E-state index in [9.17, 15) is 26.7 Å². The monoisotopic (exact) mass is 421 g/mol. The van der Waals surface area contributed by atoms with Gasteiger partial charge in [-0.25, -0.2) is 8.42 Å². The fourth-order valence-electron chi connectivity index (χ4n) is 2.57. The first kappa shape index (κ1) is 21.5. The third-order valence-electron chi connectivity index (χ3n) is 4.08. The molecule has 2 aromatic rings. The average molecular weight is 422 g/mol. The number of hydrogen-bond acceptors (Lipinski definition) is 3. The molecule has 0 aliphatic rings.